The molecule has 0 spiro atoms. The van der Waals surface area contributed by atoms with E-state index in [-0.39, 0.29) is 18.3 Å². The van der Waals surface area contributed by atoms with E-state index in [1.165, 1.54) is 11.3 Å². The number of hydrogen-bond donors (Lipinski definition) is 1. The number of anilines is 1. The second kappa shape index (κ2) is 8.32. The molecule has 0 aliphatic rings. The number of amides is 1. The number of carbonyl (C=O) groups excluding carboxylic acids is 1. The fourth-order valence-electron chi connectivity index (χ4n) is 1.77. The molecule has 0 fully saturated rings. The molecule has 0 saturated carbocycles. The van der Waals surface area contributed by atoms with Gasteiger partial charge in [0.05, 0.1) is 5.75 Å². The number of benzene rings is 1. The van der Waals surface area contributed by atoms with Crippen molar-refractivity contribution in [1.82, 2.24) is 15.2 Å². The summed E-state index contributed by atoms with van der Waals surface area (Å²) in [6, 6.07) is 5.37. The third-order valence-electron chi connectivity index (χ3n) is 2.95. The number of aryl methyl sites for hydroxylation is 1. The highest BCUT2D eigenvalue weighted by Crippen LogP contribution is 2.22. The number of hydrogen-bond acceptors (Lipinski definition) is 8. The number of halogens is 1. The Bertz CT molecular complexity index is 854. The van der Waals surface area contributed by atoms with E-state index in [1.807, 2.05) is 13.0 Å². The van der Waals surface area contributed by atoms with Crippen molar-refractivity contribution in [3.05, 3.63) is 46.3 Å². The predicted octanol–water partition coefficient (Wildman–Crippen LogP) is 3.80. The lowest BCUT2D eigenvalue weighted by molar-refractivity contribution is -0.113. The Morgan fingerprint density at radius 3 is 3.08 bits per heavy atom. The number of carbonyl (C=O) groups is 1. The summed E-state index contributed by atoms with van der Waals surface area (Å²) >= 11 is 8.47. The second-order valence-corrected chi connectivity index (χ2v) is 7.06. The van der Waals surface area contributed by atoms with E-state index in [4.69, 9.17) is 20.8 Å². The highest BCUT2D eigenvalue weighted by Gasteiger charge is 2.11. The molecule has 2 aromatic heterocycles. The van der Waals surface area contributed by atoms with E-state index in [9.17, 15) is 4.79 Å². The van der Waals surface area contributed by atoms with Gasteiger partial charge in [-0.1, -0.05) is 23.4 Å². The quantitative estimate of drug-likeness (QED) is 0.607. The van der Waals surface area contributed by atoms with Gasteiger partial charge in [-0.25, -0.2) is 4.98 Å². The van der Waals surface area contributed by atoms with Gasteiger partial charge in [-0.05, 0) is 30.7 Å². The van der Waals surface area contributed by atoms with Crippen molar-refractivity contribution >= 4 is 45.7 Å². The Morgan fingerprint density at radius 2 is 2.32 bits per heavy atom. The molecule has 1 aromatic carbocycles. The van der Waals surface area contributed by atoms with Crippen molar-refractivity contribution in [3.63, 3.8) is 0 Å². The number of rotatable bonds is 7. The van der Waals surface area contributed by atoms with E-state index in [0.717, 1.165) is 17.3 Å². The lowest BCUT2D eigenvalue weighted by Crippen LogP contribution is -2.13. The number of thiazole rings is 1. The normalized spacial score (nSPS) is 10.6. The van der Waals surface area contributed by atoms with Crippen molar-refractivity contribution in [2.45, 2.75) is 18.8 Å². The molecule has 3 rings (SSSR count). The number of aromatic nitrogens is 3. The van der Waals surface area contributed by atoms with Crippen LogP contribution in [0.1, 0.15) is 11.5 Å². The van der Waals surface area contributed by atoms with Crippen LogP contribution in [0.4, 0.5) is 5.13 Å². The fourth-order valence-corrected chi connectivity index (χ4v) is 3.02. The minimum absolute atomic E-state index is 0.139. The summed E-state index contributed by atoms with van der Waals surface area (Å²) in [5.74, 6) is 0.957. The van der Waals surface area contributed by atoms with Crippen LogP contribution in [0.25, 0.3) is 0 Å². The first-order valence-electron chi connectivity index (χ1n) is 7.13. The highest BCUT2D eigenvalue weighted by atomic mass is 35.5. The standard InChI is InChI=1S/C15H13ClN4O3S2/c1-9-6-10(2-3-11(9)16)22-7-13-19-20-15(23-13)25-8-12(21)18-14-17-4-5-24-14/h2-6H,7-8H2,1H3,(H,17,18,21). The van der Waals surface area contributed by atoms with E-state index in [0.29, 0.717) is 27.0 Å². The van der Waals surface area contributed by atoms with Gasteiger partial charge >= 0.3 is 0 Å². The third-order valence-corrected chi connectivity index (χ3v) is 4.88. The van der Waals surface area contributed by atoms with Gasteiger partial charge in [0.15, 0.2) is 11.7 Å². The molecule has 3 aromatic rings. The Kier molecular flexibility index (Phi) is 5.90. The molecule has 10 heteroatoms. The maximum Gasteiger partial charge on any atom is 0.277 e. The van der Waals surface area contributed by atoms with Crippen LogP contribution in [0.2, 0.25) is 5.02 Å². The largest absolute Gasteiger partial charge is 0.484 e. The maximum atomic E-state index is 11.8. The Hall–Kier alpha value is -2.10. The molecular formula is C15H13ClN4O3S2. The van der Waals surface area contributed by atoms with Crippen LogP contribution >= 0.6 is 34.7 Å². The molecule has 130 valence electrons. The molecule has 0 atom stereocenters. The molecule has 0 aliphatic heterocycles. The summed E-state index contributed by atoms with van der Waals surface area (Å²) in [6.07, 6.45) is 1.62. The summed E-state index contributed by atoms with van der Waals surface area (Å²) in [7, 11) is 0. The van der Waals surface area contributed by atoms with Crippen LogP contribution in [-0.2, 0) is 11.4 Å². The summed E-state index contributed by atoms with van der Waals surface area (Å²) in [4.78, 5) is 15.8. The van der Waals surface area contributed by atoms with Gasteiger partial charge in [0, 0.05) is 16.6 Å². The minimum atomic E-state index is -0.187. The van der Waals surface area contributed by atoms with E-state index in [1.54, 1.807) is 23.7 Å². The van der Waals surface area contributed by atoms with Gasteiger partial charge in [0.2, 0.25) is 5.91 Å². The van der Waals surface area contributed by atoms with Crippen LogP contribution in [-0.4, -0.2) is 26.8 Å². The third kappa shape index (κ3) is 5.18. The Balaban J connectivity index is 1.47. The average Bonchev–Trinajstić information content (AvgIpc) is 3.26. The van der Waals surface area contributed by atoms with Crippen LogP contribution in [0, 0.1) is 6.92 Å². The fraction of sp³-hybridized carbons (Fsp3) is 0.200. The zero-order valence-electron chi connectivity index (χ0n) is 13.1. The molecule has 0 unspecified atom stereocenters. The SMILES string of the molecule is Cc1cc(OCc2nnc(SCC(=O)Nc3nccs3)o2)ccc1Cl. The van der Waals surface area contributed by atoms with Gasteiger partial charge in [-0.3, -0.25) is 4.79 Å². The van der Waals surface area contributed by atoms with Gasteiger partial charge in [-0.15, -0.1) is 21.5 Å². The maximum absolute atomic E-state index is 11.8. The summed E-state index contributed by atoms with van der Waals surface area (Å²) < 4.78 is 11.0. The van der Waals surface area contributed by atoms with Gasteiger partial charge in [0.25, 0.3) is 11.1 Å². The van der Waals surface area contributed by atoms with E-state index in [2.05, 4.69) is 20.5 Å². The summed E-state index contributed by atoms with van der Waals surface area (Å²) in [5, 5.41) is 13.8. The van der Waals surface area contributed by atoms with Gasteiger partial charge < -0.3 is 14.5 Å². The Morgan fingerprint density at radius 1 is 1.44 bits per heavy atom. The highest BCUT2D eigenvalue weighted by molar-refractivity contribution is 7.99. The molecule has 7 nitrogen and oxygen atoms in total. The number of thioether (sulfide) groups is 1. The predicted molar refractivity (Wildman–Crippen MR) is 96.3 cm³/mol. The zero-order valence-corrected chi connectivity index (χ0v) is 15.5. The van der Waals surface area contributed by atoms with Crippen LogP contribution in [0.5, 0.6) is 5.75 Å². The molecule has 0 aliphatic carbocycles. The smallest absolute Gasteiger partial charge is 0.277 e. The summed E-state index contributed by atoms with van der Waals surface area (Å²) in [5.41, 5.74) is 0.923. The molecule has 1 N–H and O–H groups in total. The molecule has 0 saturated heterocycles. The van der Waals surface area contributed by atoms with Crippen LogP contribution < -0.4 is 10.1 Å². The van der Waals surface area contributed by atoms with Crippen molar-refractivity contribution in [1.29, 1.82) is 0 Å². The minimum Gasteiger partial charge on any atom is -0.484 e. The van der Waals surface area contributed by atoms with Crippen LogP contribution in [0.15, 0.2) is 39.4 Å². The molecule has 0 bridgehead atoms. The number of nitrogens with one attached hydrogen (secondary N) is 1. The van der Waals surface area contributed by atoms with Crippen molar-refractivity contribution < 1.29 is 13.9 Å². The Labute approximate surface area is 156 Å². The number of ether oxygens (including phenoxy) is 1. The monoisotopic (exact) mass is 396 g/mol. The molecule has 1 amide bonds. The van der Waals surface area contributed by atoms with Gasteiger partial charge in [0.1, 0.15) is 5.75 Å². The number of nitrogens with zero attached hydrogens (tertiary/aromatic N) is 3. The first-order chi connectivity index (χ1) is 12.1. The van der Waals surface area contributed by atoms with E-state index < -0.39 is 0 Å². The molecular weight excluding hydrogens is 384 g/mol. The summed E-state index contributed by atoms with van der Waals surface area (Å²) in [6.45, 7) is 2.04. The first kappa shape index (κ1) is 17.7. The molecule has 25 heavy (non-hydrogen) atoms. The zero-order chi connectivity index (χ0) is 17.6. The average molecular weight is 397 g/mol. The van der Waals surface area contributed by atoms with E-state index >= 15 is 0 Å². The van der Waals surface area contributed by atoms with Crippen molar-refractivity contribution in [2.24, 2.45) is 0 Å². The second-order valence-electron chi connectivity index (χ2n) is 4.84. The molecule has 2 heterocycles. The lowest BCUT2D eigenvalue weighted by atomic mass is 10.2. The molecule has 0 radical (unpaired) electrons. The van der Waals surface area contributed by atoms with Gasteiger partial charge in [-0.2, -0.15) is 0 Å². The van der Waals surface area contributed by atoms with Crippen molar-refractivity contribution in [2.75, 3.05) is 11.1 Å². The topological polar surface area (TPSA) is 90.1 Å². The first-order valence-corrected chi connectivity index (χ1v) is 9.38. The van der Waals surface area contributed by atoms with Crippen LogP contribution in [0.3, 0.4) is 0 Å². The lowest BCUT2D eigenvalue weighted by Gasteiger charge is -2.05. The van der Waals surface area contributed by atoms with Crippen molar-refractivity contribution in [3.8, 4) is 5.75 Å².